The summed E-state index contributed by atoms with van der Waals surface area (Å²) >= 11 is 0. The zero-order chi connectivity index (χ0) is 12.1. The van der Waals surface area contributed by atoms with Crippen molar-refractivity contribution in [2.24, 2.45) is 0 Å². The summed E-state index contributed by atoms with van der Waals surface area (Å²) in [7, 11) is 0. The highest BCUT2D eigenvalue weighted by molar-refractivity contribution is 5.75. The molecule has 0 aliphatic carbocycles. The fourth-order valence-corrected chi connectivity index (χ4v) is 1.94. The van der Waals surface area contributed by atoms with Crippen LogP contribution >= 0.6 is 0 Å². The van der Waals surface area contributed by atoms with Gasteiger partial charge in [-0.15, -0.1) is 0 Å². The first-order valence-corrected chi connectivity index (χ1v) is 5.67. The van der Waals surface area contributed by atoms with Crippen molar-refractivity contribution in [3.63, 3.8) is 0 Å². The standard InChI is InChI=1S/C13H14N2O2/c14-8-11-3-5-12(6-4-11)15(10-16)9-13-2-1-7-17-13/h3-6,10,13H,1-2,7,9H2. The molecule has 0 radical (unpaired) electrons. The molecule has 1 unspecified atom stereocenters. The topological polar surface area (TPSA) is 53.3 Å². The van der Waals surface area contributed by atoms with Crippen LogP contribution in [0.5, 0.6) is 0 Å². The van der Waals surface area contributed by atoms with Crippen molar-refractivity contribution < 1.29 is 9.53 Å². The van der Waals surface area contributed by atoms with E-state index in [-0.39, 0.29) is 6.10 Å². The van der Waals surface area contributed by atoms with Gasteiger partial charge >= 0.3 is 0 Å². The van der Waals surface area contributed by atoms with Gasteiger partial charge in [0.05, 0.1) is 24.3 Å². The Labute approximate surface area is 100 Å². The molecule has 0 bridgehead atoms. The molecule has 1 aromatic carbocycles. The maximum Gasteiger partial charge on any atom is 0.214 e. The second-order valence-corrected chi connectivity index (χ2v) is 4.05. The molecular weight excluding hydrogens is 216 g/mol. The molecule has 4 nitrogen and oxygen atoms in total. The van der Waals surface area contributed by atoms with E-state index in [1.165, 1.54) is 0 Å². The molecule has 1 fully saturated rings. The van der Waals surface area contributed by atoms with Crippen LogP contribution in [0.15, 0.2) is 24.3 Å². The number of benzene rings is 1. The minimum Gasteiger partial charge on any atom is -0.376 e. The zero-order valence-electron chi connectivity index (χ0n) is 9.50. The SMILES string of the molecule is N#Cc1ccc(N(C=O)CC2CCCO2)cc1. The fourth-order valence-electron chi connectivity index (χ4n) is 1.94. The maximum atomic E-state index is 11.1. The predicted octanol–water partition coefficient (Wildman–Crippen LogP) is 1.70. The Bertz CT molecular complexity index is 416. The van der Waals surface area contributed by atoms with Gasteiger partial charge in [0.25, 0.3) is 0 Å². The van der Waals surface area contributed by atoms with E-state index in [4.69, 9.17) is 10.00 Å². The van der Waals surface area contributed by atoms with Crippen LogP contribution in [0.1, 0.15) is 18.4 Å². The molecule has 0 aromatic heterocycles. The van der Waals surface area contributed by atoms with Gasteiger partial charge in [-0.05, 0) is 37.1 Å². The average molecular weight is 230 g/mol. The van der Waals surface area contributed by atoms with E-state index in [0.29, 0.717) is 12.1 Å². The Morgan fingerprint density at radius 3 is 2.76 bits per heavy atom. The first kappa shape index (κ1) is 11.6. The monoisotopic (exact) mass is 230 g/mol. The van der Waals surface area contributed by atoms with Crippen molar-refractivity contribution in [1.29, 1.82) is 5.26 Å². The van der Waals surface area contributed by atoms with Gasteiger partial charge < -0.3 is 9.64 Å². The molecular formula is C13H14N2O2. The van der Waals surface area contributed by atoms with E-state index in [9.17, 15) is 4.79 Å². The summed E-state index contributed by atoms with van der Waals surface area (Å²) in [5.74, 6) is 0. The van der Waals surface area contributed by atoms with Crippen molar-refractivity contribution in [1.82, 2.24) is 0 Å². The van der Waals surface area contributed by atoms with E-state index in [1.807, 2.05) is 0 Å². The van der Waals surface area contributed by atoms with Crippen LogP contribution in [0.25, 0.3) is 0 Å². The number of nitrogens with zero attached hydrogens (tertiary/aromatic N) is 2. The second kappa shape index (κ2) is 5.46. The molecule has 2 rings (SSSR count). The molecule has 4 heteroatoms. The first-order chi connectivity index (χ1) is 8.33. The number of hydrogen-bond donors (Lipinski definition) is 0. The lowest BCUT2D eigenvalue weighted by Crippen LogP contribution is -2.30. The molecule has 1 aromatic rings. The van der Waals surface area contributed by atoms with Gasteiger partial charge in [-0.1, -0.05) is 0 Å². The number of anilines is 1. The molecule has 1 aliphatic heterocycles. The highest BCUT2D eigenvalue weighted by Crippen LogP contribution is 2.18. The van der Waals surface area contributed by atoms with Gasteiger partial charge in [0, 0.05) is 12.3 Å². The van der Waals surface area contributed by atoms with E-state index in [1.54, 1.807) is 29.2 Å². The lowest BCUT2D eigenvalue weighted by molar-refractivity contribution is -0.107. The van der Waals surface area contributed by atoms with Crippen LogP contribution in [0.2, 0.25) is 0 Å². The van der Waals surface area contributed by atoms with Crippen LogP contribution in [0.3, 0.4) is 0 Å². The van der Waals surface area contributed by atoms with Crippen LogP contribution < -0.4 is 4.90 Å². The van der Waals surface area contributed by atoms with Crippen LogP contribution in [0, 0.1) is 11.3 Å². The molecule has 0 N–H and O–H groups in total. The summed E-state index contributed by atoms with van der Waals surface area (Å²) in [6, 6.07) is 9.03. The van der Waals surface area contributed by atoms with Gasteiger partial charge in [-0.3, -0.25) is 4.79 Å². The van der Waals surface area contributed by atoms with Crippen molar-refractivity contribution >= 4 is 12.1 Å². The molecule has 1 aliphatic rings. The van der Waals surface area contributed by atoms with Gasteiger partial charge in [0.15, 0.2) is 0 Å². The Morgan fingerprint density at radius 1 is 1.47 bits per heavy atom. The molecule has 1 atom stereocenters. The number of nitriles is 1. The highest BCUT2D eigenvalue weighted by atomic mass is 16.5. The smallest absolute Gasteiger partial charge is 0.214 e. The van der Waals surface area contributed by atoms with Crippen molar-refractivity contribution in [3.05, 3.63) is 29.8 Å². The minimum absolute atomic E-state index is 0.135. The van der Waals surface area contributed by atoms with Gasteiger partial charge in [0.1, 0.15) is 0 Å². The normalized spacial score (nSPS) is 18.6. The van der Waals surface area contributed by atoms with Crippen molar-refractivity contribution in [3.8, 4) is 6.07 Å². The van der Waals surface area contributed by atoms with Gasteiger partial charge in [-0.2, -0.15) is 5.26 Å². The van der Waals surface area contributed by atoms with Crippen LogP contribution in [-0.4, -0.2) is 25.7 Å². The summed E-state index contributed by atoms with van der Waals surface area (Å²) in [5, 5.41) is 8.70. The summed E-state index contributed by atoms with van der Waals surface area (Å²) in [6.45, 7) is 1.36. The summed E-state index contributed by atoms with van der Waals surface area (Å²) < 4.78 is 5.50. The number of hydrogen-bond acceptors (Lipinski definition) is 3. The third-order valence-corrected chi connectivity index (χ3v) is 2.88. The van der Waals surface area contributed by atoms with Gasteiger partial charge in [0.2, 0.25) is 6.41 Å². The van der Waals surface area contributed by atoms with Crippen molar-refractivity contribution in [2.75, 3.05) is 18.1 Å². The zero-order valence-corrected chi connectivity index (χ0v) is 9.50. The molecule has 88 valence electrons. The Kier molecular flexibility index (Phi) is 3.73. The summed E-state index contributed by atoms with van der Waals surface area (Å²) in [6.07, 6.45) is 3.00. The van der Waals surface area contributed by atoms with Crippen LogP contribution in [-0.2, 0) is 9.53 Å². The number of carbonyl (C=O) groups excluding carboxylic acids is 1. The number of carbonyl (C=O) groups is 1. The summed E-state index contributed by atoms with van der Waals surface area (Å²) in [5.41, 5.74) is 1.39. The van der Waals surface area contributed by atoms with E-state index >= 15 is 0 Å². The number of amides is 1. The average Bonchev–Trinajstić information content (AvgIpc) is 2.89. The van der Waals surface area contributed by atoms with E-state index in [2.05, 4.69) is 6.07 Å². The third kappa shape index (κ3) is 2.83. The number of ether oxygens (including phenoxy) is 1. The Balaban J connectivity index is 2.05. The predicted molar refractivity (Wildman–Crippen MR) is 63.5 cm³/mol. The van der Waals surface area contributed by atoms with Gasteiger partial charge in [-0.25, -0.2) is 0 Å². The van der Waals surface area contributed by atoms with E-state index in [0.717, 1.165) is 31.5 Å². The van der Waals surface area contributed by atoms with Crippen LogP contribution in [0.4, 0.5) is 5.69 Å². The highest BCUT2D eigenvalue weighted by Gasteiger charge is 2.19. The fraction of sp³-hybridized carbons (Fsp3) is 0.385. The van der Waals surface area contributed by atoms with E-state index < -0.39 is 0 Å². The molecule has 1 amide bonds. The minimum atomic E-state index is 0.135. The molecule has 0 spiro atoms. The largest absolute Gasteiger partial charge is 0.376 e. The number of rotatable bonds is 4. The summed E-state index contributed by atoms with van der Waals surface area (Å²) in [4.78, 5) is 12.7. The lowest BCUT2D eigenvalue weighted by atomic mass is 10.2. The molecule has 17 heavy (non-hydrogen) atoms. The molecule has 1 saturated heterocycles. The first-order valence-electron chi connectivity index (χ1n) is 5.67. The Hall–Kier alpha value is -1.86. The molecule has 1 heterocycles. The van der Waals surface area contributed by atoms with Crippen molar-refractivity contribution in [2.45, 2.75) is 18.9 Å². The quantitative estimate of drug-likeness (QED) is 0.740. The Morgan fingerprint density at radius 2 is 2.24 bits per heavy atom. The second-order valence-electron chi connectivity index (χ2n) is 4.05. The maximum absolute atomic E-state index is 11.1. The third-order valence-electron chi connectivity index (χ3n) is 2.88. The molecule has 0 saturated carbocycles. The lowest BCUT2D eigenvalue weighted by Gasteiger charge is -2.20.